The standard InChI is InChI=1S/C12H24N2O/c1-8(2)14(4)12(15)10-7-9(3)5-6-11(10)13/h8-11H,5-7,13H2,1-4H3. The zero-order chi connectivity index (χ0) is 11.6. The van der Waals surface area contributed by atoms with Gasteiger partial charge in [-0.25, -0.2) is 0 Å². The van der Waals surface area contributed by atoms with E-state index < -0.39 is 0 Å². The summed E-state index contributed by atoms with van der Waals surface area (Å²) in [5, 5.41) is 0. The van der Waals surface area contributed by atoms with Gasteiger partial charge in [-0.15, -0.1) is 0 Å². The molecule has 1 rings (SSSR count). The van der Waals surface area contributed by atoms with E-state index in [4.69, 9.17) is 5.73 Å². The minimum absolute atomic E-state index is 0.0427. The van der Waals surface area contributed by atoms with Crippen molar-refractivity contribution in [3.63, 3.8) is 0 Å². The Bertz CT molecular complexity index is 228. The molecule has 0 aliphatic heterocycles. The van der Waals surface area contributed by atoms with Gasteiger partial charge in [0.2, 0.25) is 5.91 Å². The van der Waals surface area contributed by atoms with Crippen molar-refractivity contribution < 1.29 is 4.79 Å². The van der Waals surface area contributed by atoms with Crippen LogP contribution in [0, 0.1) is 11.8 Å². The van der Waals surface area contributed by atoms with Crippen LogP contribution in [0.4, 0.5) is 0 Å². The molecule has 0 aromatic carbocycles. The second kappa shape index (κ2) is 4.97. The van der Waals surface area contributed by atoms with Gasteiger partial charge in [0.05, 0.1) is 5.92 Å². The summed E-state index contributed by atoms with van der Waals surface area (Å²) in [6, 6.07) is 0.330. The van der Waals surface area contributed by atoms with E-state index in [0.29, 0.717) is 5.92 Å². The average Bonchev–Trinajstić information content (AvgIpc) is 2.19. The molecular formula is C12H24N2O. The van der Waals surface area contributed by atoms with Crippen LogP contribution in [0.3, 0.4) is 0 Å². The van der Waals surface area contributed by atoms with Crippen molar-refractivity contribution in [1.82, 2.24) is 4.90 Å². The van der Waals surface area contributed by atoms with Crippen LogP contribution in [-0.2, 0) is 4.79 Å². The Morgan fingerprint density at radius 3 is 2.53 bits per heavy atom. The van der Waals surface area contributed by atoms with E-state index in [1.807, 2.05) is 25.8 Å². The quantitative estimate of drug-likeness (QED) is 0.756. The summed E-state index contributed by atoms with van der Waals surface area (Å²) in [7, 11) is 1.87. The van der Waals surface area contributed by atoms with E-state index >= 15 is 0 Å². The fraction of sp³-hybridized carbons (Fsp3) is 0.917. The van der Waals surface area contributed by atoms with Gasteiger partial charge in [0.25, 0.3) is 0 Å². The maximum Gasteiger partial charge on any atom is 0.227 e. The fourth-order valence-electron chi connectivity index (χ4n) is 2.20. The van der Waals surface area contributed by atoms with Gasteiger partial charge in [-0.2, -0.15) is 0 Å². The molecule has 0 radical (unpaired) electrons. The molecule has 3 nitrogen and oxygen atoms in total. The molecule has 3 unspecified atom stereocenters. The summed E-state index contributed by atoms with van der Waals surface area (Å²) in [6.07, 6.45) is 3.11. The molecule has 0 bridgehead atoms. The molecule has 0 aromatic heterocycles. The molecule has 2 N–H and O–H groups in total. The summed E-state index contributed by atoms with van der Waals surface area (Å²) < 4.78 is 0. The summed E-state index contributed by atoms with van der Waals surface area (Å²) in [4.78, 5) is 14.0. The van der Waals surface area contributed by atoms with Crippen molar-refractivity contribution in [2.24, 2.45) is 17.6 Å². The minimum Gasteiger partial charge on any atom is -0.343 e. The Balaban J connectivity index is 2.64. The molecule has 0 spiro atoms. The first-order chi connectivity index (χ1) is 6.93. The molecule has 1 amide bonds. The molecule has 1 saturated carbocycles. The number of carbonyl (C=O) groups excluding carboxylic acids is 1. The highest BCUT2D eigenvalue weighted by Crippen LogP contribution is 2.29. The number of nitrogens with two attached hydrogens (primary N) is 1. The third-order valence-corrected chi connectivity index (χ3v) is 3.61. The number of nitrogens with zero attached hydrogens (tertiary/aromatic N) is 1. The van der Waals surface area contributed by atoms with Crippen molar-refractivity contribution >= 4 is 5.91 Å². The summed E-state index contributed by atoms with van der Waals surface area (Å²) in [6.45, 7) is 6.28. The maximum absolute atomic E-state index is 12.1. The van der Waals surface area contributed by atoms with Gasteiger partial charge >= 0.3 is 0 Å². The second-order valence-electron chi connectivity index (χ2n) is 5.23. The molecule has 1 aliphatic carbocycles. The summed E-state index contributed by atoms with van der Waals surface area (Å²) in [5.41, 5.74) is 6.03. The van der Waals surface area contributed by atoms with Crippen LogP contribution in [-0.4, -0.2) is 29.9 Å². The number of rotatable bonds is 2. The Hall–Kier alpha value is -0.570. The van der Waals surface area contributed by atoms with E-state index in [-0.39, 0.29) is 23.9 Å². The van der Waals surface area contributed by atoms with Gasteiger partial charge < -0.3 is 10.6 Å². The number of amides is 1. The number of carbonyl (C=O) groups is 1. The predicted octanol–water partition coefficient (Wildman–Crippen LogP) is 1.62. The van der Waals surface area contributed by atoms with Gasteiger partial charge in [0, 0.05) is 19.1 Å². The fourth-order valence-corrected chi connectivity index (χ4v) is 2.20. The van der Waals surface area contributed by atoms with Crippen molar-refractivity contribution in [3.05, 3.63) is 0 Å². The average molecular weight is 212 g/mol. The molecule has 0 aromatic rings. The van der Waals surface area contributed by atoms with E-state index in [2.05, 4.69) is 6.92 Å². The van der Waals surface area contributed by atoms with Crippen molar-refractivity contribution in [1.29, 1.82) is 0 Å². The zero-order valence-corrected chi connectivity index (χ0v) is 10.4. The van der Waals surface area contributed by atoms with Gasteiger partial charge in [-0.1, -0.05) is 6.92 Å². The summed E-state index contributed by atoms with van der Waals surface area (Å²) >= 11 is 0. The smallest absolute Gasteiger partial charge is 0.227 e. The highest BCUT2D eigenvalue weighted by atomic mass is 16.2. The van der Waals surface area contributed by atoms with Crippen molar-refractivity contribution in [2.75, 3.05) is 7.05 Å². The largest absolute Gasteiger partial charge is 0.343 e. The van der Waals surface area contributed by atoms with Gasteiger partial charge in [0.15, 0.2) is 0 Å². The Morgan fingerprint density at radius 1 is 1.40 bits per heavy atom. The highest BCUT2D eigenvalue weighted by Gasteiger charge is 2.33. The third-order valence-electron chi connectivity index (χ3n) is 3.61. The maximum atomic E-state index is 12.1. The highest BCUT2D eigenvalue weighted by molar-refractivity contribution is 5.79. The number of hydrogen-bond acceptors (Lipinski definition) is 2. The van der Waals surface area contributed by atoms with Crippen molar-refractivity contribution in [3.8, 4) is 0 Å². The van der Waals surface area contributed by atoms with Crippen LogP contribution in [0.15, 0.2) is 0 Å². The van der Waals surface area contributed by atoms with E-state index in [1.54, 1.807) is 0 Å². The molecule has 1 aliphatic rings. The third kappa shape index (κ3) is 2.94. The molecular weight excluding hydrogens is 188 g/mol. The Labute approximate surface area is 93.0 Å². The SMILES string of the molecule is CC1CCC(N)C(C(=O)N(C)C(C)C)C1. The van der Waals surface area contributed by atoms with E-state index in [1.165, 1.54) is 0 Å². The first-order valence-corrected chi connectivity index (χ1v) is 5.95. The van der Waals surface area contributed by atoms with Crippen LogP contribution in [0.25, 0.3) is 0 Å². The molecule has 0 heterocycles. The van der Waals surface area contributed by atoms with Crippen LogP contribution in [0.2, 0.25) is 0 Å². The van der Waals surface area contributed by atoms with E-state index in [0.717, 1.165) is 19.3 Å². The lowest BCUT2D eigenvalue weighted by molar-refractivity contribution is -0.137. The molecule has 1 fully saturated rings. The molecule has 3 atom stereocenters. The number of hydrogen-bond donors (Lipinski definition) is 1. The topological polar surface area (TPSA) is 46.3 Å². The lowest BCUT2D eigenvalue weighted by atomic mass is 9.78. The molecule has 3 heteroatoms. The normalized spacial score (nSPS) is 31.7. The van der Waals surface area contributed by atoms with E-state index in [9.17, 15) is 4.79 Å². The monoisotopic (exact) mass is 212 g/mol. The van der Waals surface area contributed by atoms with Crippen LogP contribution >= 0.6 is 0 Å². The van der Waals surface area contributed by atoms with Crippen molar-refractivity contribution in [2.45, 2.75) is 52.1 Å². The Kier molecular flexibility index (Phi) is 4.14. The lowest BCUT2D eigenvalue weighted by Crippen LogP contribution is -2.47. The van der Waals surface area contributed by atoms with Gasteiger partial charge in [0.1, 0.15) is 0 Å². The molecule has 0 saturated heterocycles. The predicted molar refractivity (Wildman–Crippen MR) is 62.4 cm³/mol. The molecule has 88 valence electrons. The second-order valence-corrected chi connectivity index (χ2v) is 5.23. The lowest BCUT2D eigenvalue weighted by Gasteiger charge is -2.35. The first-order valence-electron chi connectivity index (χ1n) is 5.95. The van der Waals surface area contributed by atoms with Crippen LogP contribution in [0.1, 0.15) is 40.0 Å². The first kappa shape index (κ1) is 12.5. The Morgan fingerprint density at radius 2 is 2.00 bits per heavy atom. The minimum atomic E-state index is 0.0427. The van der Waals surface area contributed by atoms with Crippen LogP contribution in [0.5, 0.6) is 0 Å². The van der Waals surface area contributed by atoms with Gasteiger partial charge in [-0.3, -0.25) is 4.79 Å². The summed E-state index contributed by atoms with van der Waals surface area (Å²) in [5.74, 6) is 0.907. The van der Waals surface area contributed by atoms with Gasteiger partial charge in [-0.05, 0) is 39.0 Å². The molecule has 15 heavy (non-hydrogen) atoms. The van der Waals surface area contributed by atoms with Crippen LogP contribution < -0.4 is 5.73 Å². The zero-order valence-electron chi connectivity index (χ0n) is 10.4.